The van der Waals surface area contributed by atoms with E-state index >= 15 is 0 Å². The minimum Gasteiger partial charge on any atom is -0.313 e. The maximum absolute atomic E-state index is 13.3. The highest BCUT2D eigenvalue weighted by Gasteiger charge is 2.15. The van der Waals surface area contributed by atoms with Crippen molar-refractivity contribution in [3.63, 3.8) is 0 Å². The summed E-state index contributed by atoms with van der Waals surface area (Å²) in [6.07, 6.45) is 0.596. The summed E-state index contributed by atoms with van der Waals surface area (Å²) in [5.41, 5.74) is 1.80. The number of rotatable bonds is 4. The molecule has 106 valence electrons. The maximum Gasteiger partial charge on any atom is 0.124 e. The van der Waals surface area contributed by atoms with Crippen molar-refractivity contribution in [1.82, 2.24) is 5.32 Å². The lowest BCUT2D eigenvalue weighted by molar-refractivity contribution is 0.576. The zero-order valence-electron chi connectivity index (χ0n) is 10.8. The Bertz CT molecular complexity index is 617. The number of nitrogens with one attached hydrogen (secondary N) is 1. The molecule has 0 aliphatic rings. The van der Waals surface area contributed by atoms with Crippen molar-refractivity contribution in [2.24, 2.45) is 0 Å². The molecule has 0 aliphatic carbocycles. The average molecular weight is 405 g/mol. The van der Waals surface area contributed by atoms with Crippen molar-refractivity contribution in [2.45, 2.75) is 12.5 Å². The molecule has 20 heavy (non-hydrogen) atoms. The Balaban J connectivity index is 2.31. The summed E-state index contributed by atoms with van der Waals surface area (Å²) >= 11 is 6.79. The number of benzene rings is 2. The average Bonchev–Trinajstić information content (AvgIpc) is 2.40. The number of halogens is 4. The number of hydrogen-bond acceptors (Lipinski definition) is 1. The van der Waals surface area contributed by atoms with Crippen molar-refractivity contribution in [1.29, 1.82) is 0 Å². The summed E-state index contributed by atoms with van der Waals surface area (Å²) in [6.45, 7) is 0. The first-order chi connectivity index (χ1) is 9.51. The molecule has 0 amide bonds. The lowest BCUT2D eigenvalue weighted by atomic mass is 9.99. The van der Waals surface area contributed by atoms with Crippen LogP contribution >= 0.6 is 31.9 Å². The van der Waals surface area contributed by atoms with Gasteiger partial charge in [-0.2, -0.15) is 0 Å². The summed E-state index contributed by atoms with van der Waals surface area (Å²) < 4.78 is 28.0. The second-order valence-electron chi connectivity index (χ2n) is 4.45. The normalized spacial score (nSPS) is 12.4. The highest BCUT2D eigenvalue weighted by atomic mass is 79.9. The molecule has 5 heteroatoms. The van der Waals surface area contributed by atoms with Gasteiger partial charge in [-0.15, -0.1) is 0 Å². The maximum atomic E-state index is 13.3. The van der Waals surface area contributed by atoms with Crippen LogP contribution in [0, 0.1) is 11.6 Å². The molecule has 2 aromatic carbocycles. The molecule has 0 saturated carbocycles. The zero-order valence-corrected chi connectivity index (χ0v) is 13.9. The molecule has 0 aliphatic heterocycles. The molecule has 1 unspecified atom stereocenters. The molecule has 2 aromatic rings. The van der Waals surface area contributed by atoms with Crippen LogP contribution in [0.4, 0.5) is 8.78 Å². The van der Waals surface area contributed by atoms with Gasteiger partial charge in [-0.1, -0.05) is 37.9 Å². The molecule has 0 spiro atoms. The summed E-state index contributed by atoms with van der Waals surface area (Å²) in [7, 11) is 1.83. The van der Waals surface area contributed by atoms with Gasteiger partial charge in [0.1, 0.15) is 11.6 Å². The van der Waals surface area contributed by atoms with Crippen molar-refractivity contribution < 1.29 is 8.78 Å². The van der Waals surface area contributed by atoms with Gasteiger partial charge in [0.25, 0.3) is 0 Å². The van der Waals surface area contributed by atoms with Crippen LogP contribution in [0.25, 0.3) is 0 Å². The molecule has 0 radical (unpaired) electrons. The molecular weight excluding hydrogens is 392 g/mol. The van der Waals surface area contributed by atoms with E-state index in [9.17, 15) is 8.78 Å². The third-order valence-corrected chi connectivity index (χ3v) is 4.58. The number of likely N-dealkylation sites (N-methyl/N-ethyl adjacent to an activating group) is 1. The third-order valence-electron chi connectivity index (χ3n) is 3.12. The van der Waals surface area contributed by atoms with Crippen molar-refractivity contribution in [3.8, 4) is 0 Å². The second kappa shape index (κ2) is 6.78. The van der Waals surface area contributed by atoms with E-state index in [-0.39, 0.29) is 17.7 Å². The van der Waals surface area contributed by atoms with Gasteiger partial charge in [0.2, 0.25) is 0 Å². The van der Waals surface area contributed by atoms with E-state index in [1.54, 1.807) is 12.1 Å². The van der Waals surface area contributed by atoms with Gasteiger partial charge >= 0.3 is 0 Å². The van der Waals surface area contributed by atoms with E-state index in [4.69, 9.17) is 0 Å². The Morgan fingerprint density at radius 3 is 2.30 bits per heavy atom. The van der Waals surface area contributed by atoms with Gasteiger partial charge in [0, 0.05) is 15.0 Å². The van der Waals surface area contributed by atoms with Gasteiger partial charge in [-0.3, -0.25) is 0 Å². The Morgan fingerprint density at radius 2 is 1.65 bits per heavy atom. The predicted molar refractivity (Wildman–Crippen MR) is 83.7 cm³/mol. The SMILES string of the molecule is CNC(Cc1cc(F)ccc1Br)c1ccc(F)cc1Br. The smallest absolute Gasteiger partial charge is 0.124 e. The fourth-order valence-electron chi connectivity index (χ4n) is 2.07. The Kier molecular flexibility index (Phi) is 5.29. The third kappa shape index (κ3) is 3.65. The Morgan fingerprint density at radius 1 is 1.00 bits per heavy atom. The molecule has 1 atom stereocenters. The van der Waals surface area contributed by atoms with E-state index in [0.717, 1.165) is 15.6 Å². The molecule has 0 heterocycles. The van der Waals surface area contributed by atoms with E-state index < -0.39 is 0 Å². The van der Waals surface area contributed by atoms with Gasteiger partial charge in [-0.25, -0.2) is 8.78 Å². The lowest BCUT2D eigenvalue weighted by Crippen LogP contribution is -2.19. The van der Waals surface area contributed by atoms with E-state index in [2.05, 4.69) is 37.2 Å². The van der Waals surface area contributed by atoms with Crippen molar-refractivity contribution in [3.05, 3.63) is 68.1 Å². The van der Waals surface area contributed by atoms with Crippen molar-refractivity contribution in [2.75, 3.05) is 7.05 Å². The van der Waals surface area contributed by atoms with Gasteiger partial charge in [-0.05, 0) is 54.9 Å². The van der Waals surface area contributed by atoms with Crippen LogP contribution in [-0.2, 0) is 6.42 Å². The van der Waals surface area contributed by atoms with E-state index in [0.29, 0.717) is 10.9 Å². The van der Waals surface area contributed by atoms with Crippen LogP contribution in [0.2, 0.25) is 0 Å². The molecule has 0 bridgehead atoms. The first kappa shape index (κ1) is 15.6. The van der Waals surface area contributed by atoms with Gasteiger partial charge in [0.05, 0.1) is 0 Å². The minimum absolute atomic E-state index is 0.0388. The predicted octanol–water partition coefficient (Wildman–Crippen LogP) is 4.99. The van der Waals surface area contributed by atoms with Crippen LogP contribution in [0.15, 0.2) is 45.3 Å². The van der Waals surface area contributed by atoms with Gasteiger partial charge in [0.15, 0.2) is 0 Å². The molecule has 1 nitrogen and oxygen atoms in total. The van der Waals surface area contributed by atoms with Crippen molar-refractivity contribution >= 4 is 31.9 Å². The highest BCUT2D eigenvalue weighted by Crippen LogP contribution is 2.29. The van der Waals surface area contributed by atoms with Crippen LogP contribution in [-0.4, -0.2) is 7.05 Å². The molecule has 0 aromatic heterocycles. The fourth-order valence-corrected chi connectivity index (χ4v) is 3.11. The quantitative estimate of drug-likeness (QED) is 0.756. The standard InChI is InChI=1S/C15H13Br2F2N/c1-20-15(12-4-2-11(19)8-14(12)17)7-9-6-10(18)3-5-13(9)16/h2-6,8,15,20H,7H2,1H3. The molecule has 2 rings (SSSR count). The lowest BCUT2D eigenvalue weighted by Gasteiger charge is -2.19. The van der Waals surface area contributed by atoms with Crippen LogP contribution in [0.1, 0.15) is 17.2 Å². The Labute approximate surface area is 133 Å². The molecule has 1 N–H and O–H groups in total. The van der Waals surface area contributed by atoms with E-state index in [1.807, 2.05) is 7.05 Å². The zero-order chi connectivity index (χ0) is 14.7. The minimum atomic E-state index is -0.289. The second-order valence-corrected chi connectivity index (χ2v) is 6.16. The molecule has 0 saturated heterocycles. The fraction of sp³-hybridized carbons (Fsp3) is 0.200. The largest absolute Gasteiger partial charge is 0.313 e. The van der Waals surface area contributed by atoms with Gasteiger partial charge < -0.3 is 5.32 Å². The topological polar surface area (TPSA) is 12.0 Å². The summed E-state index contributed by atoms with van der Waals surface area (Å²) in [5.74, 6) is -0.557. The number of hydrogen-bond donors (Lipinski definition) is 1. The van der Waals surface area contributed by atoms with Crippen LogP contribution in [0.5, 0.6) is 0 Å². The first-order valence-corrected chi connectivity index (χ1v) is 7.66. The molecular formula is C15H13Br2F2N. The monoisotopic (exact) mass is 403 g/mol. The Hall–Kier alpha value is -0.780. The van der Waals surface area contributed by atoms with E-state index in [1.165, 1.54) is 24.3 Å². The summed E-state index contributed by atoms with van der Waals surface area (Å²) in [4.78, 5) is 0. The summed E-state index contributed by atoms with van der Waals surface area (Å²) in [5, 5.41) is 3.18. The first-order valence-electron chi connectivity index (χ1n) is 6.07. The molecule has 0 fully saturated rings. The van der Waals surface area contributed by atoms with Crippen LogP contribution < -0.4 is 5.32 Å². The summed E-state index contributed by atoms with van der Waals surface area (Å²) in [6, 6.07) is 9.15. The highest BCUT2D eigenvalue weighted by molar-refractivity contribution is 9.10. The van der Waals surface area contributed by atoms with Crippen LogP contribution in [0.3, 0.4) is 0 Å².